The second-order valence-electron chi connectivity index (χ2n) is 5.37. The Labute approximate surface area is 188 Å². The molecule has 1 aromatic rings. The van der Waals surface area contributed by atoms with Crippen LogP contribution < -0.4 is 56.7 Å². The van der Waals surface area contributed by atoms with E-state index in [9.17, 15) is 9.59 Å². The Morgan fingerprint density at radius 1 is 1.26 bits per heavy atom. The first-order chi connectivity index (χ1) is 10.7. The molecule has 0 atom stereocenters. The summed E-state index contributed by atoms with van der Waals surface area (Å²) in [5, 5.41) is 2.33. The van der Waals surface area contributed by atoms with Gasteiger partial charge in [-0.25, -0.2) is 4.79 Å². The number of amides is 1. The molecule has 0 aromatic heterocycles. The molecule has 0 heterocycles. The minimum atomic E-state index is -0.893. The van der Waals surface area contributed by atoms with Crippen LogP contribution in [0.5, 0.6) is 0 Å². The van der Waals surface area contributed by atoms with E-state index in [1.165, 1.54) is 0 Å². The molecular formula is C16H21BrKNO4. The topological polar surface area (TPSA) is 64.6 Å². The van der Waals surface area contributed by atoms with Gasteiger partial charge >= 0.3 is 57.4 Å². The normalized spacial score (nSPS) is 16.0. The molecule has 1 aliphatic rings. The third kappa shape index (κ3) is 6.57. The Morgan fingerprint density at radius 3 is 2.52 bits per heavy atom. The third-order valence-corrected chi connectivity index (χ3v) is 4.36. The SMILES string of the molecule is O=CNCOC(=O)C1(OCc2ccc(Br)cc2)CCCCC1.[H-].[K+]. The van der Waals surface area contributed by atoms with Crippen molar-refractivity contribution in [3.05, 3.63) is 34.3 Å². The molecular weight excluding hydrogens is 389 g/mol. The molecule has 1 saturated carbocycles. The van der Waals surface area contributed by atoms with Crippen molar-refractivity contribution >= 4 is 28.3 Å². The zero-order valence-corrected chi connectivity index (χ0v) is 18.1. The Kier molecular flexibility index (Phi) is 10.1. The number of carbonyl (C=O) groups is 2. The van der Waals surface area contributed by atoms with Gasteiger partial charge in [-0.3, -0.25) is 4.79 Å². The molecule has 0 spiro atoms. The quantitative estimate of drug-likeness (QED) is 0.227. The van der Waals surface area contributed by atoms with E-state index in [1.807, 2.05) is 24.3 Å². The molecule has 0 unspecified atom stereocenters. The Bertz CT molecular complexity index is 509. The Balaban J connectivity index is 0.00000264. The first kappa shape index (κ1) is 21.3. The molecule has 7 heteroatoms. The van der Waals surface area contributed by atoms with Crippen LogP contribution in [-0.4, -0.2) is 24.7 Å². The summed E-state index contributed by atoms with van der Waals surface area (Å²) in [7, 11) is 0. The molecule has 1 aromatic carbocycles. The molecule has 0 bridgehead atoms. The van der Waals surface area contributed by atoms with Crippen LogP contribution in [0.25, 0.3) is 0 Å². The molecule has 122 valence electrons. The van der Waals surface area contributed by atoms with Crippen LogP contribution in [0.4, 0.5) is 0 Å². The molecule has 1 amide bonds. The summed E-state index contributed by atoms with van der Waals surface area (Å²) in [5.41, 5.74) is 0.113. The van der Waals surface area contributed by atoms with Crippen molar-refractivity contribution < 1.29 is 71.9 Å². The monoisotopic (exact) mass is 409 g/mol. The average molecular weight is 410 g/mol. The molecule has 1 fully saturated rings. The van der Waals surface area contributed by atoms with E-state index in [-0.39, 0.29) is 59.5 Å². The smallest absolute Gasteiger partial charge is 1.00 e. The van der Waals surface area contributed by atoms with Gasteiger partial charge in [-0.15, -0.1) is 0 Å². The largest absolute Gasteiger partial charge is 1.00 e. The maximum atomic E-state index is 12.4. The summed E-state index contributed by atoms with van der Waals surface area (Å²) in [6.07, 6.45) is 4.80. The van der Waals surface area contributed by atoms with Gasteiger partial charge < -0.3 is 16.2 Å². The zero-order chi connectivity index (χ0) is 15.8. The average Bonchev–Trinajstić information content (AvgIpc) is 2.55. The van der Waals surface area contributed by atoms with Crippen molar-refractivity contribution in [1.82, 2.24) is 5.32 Å². The maximum absolute atomic E-state index is 12.4. The van der Waals surface area contributed by atoms with Gasteiger partial charge in [0.25, 0.3) is 0 Å². The van der Waals surface area contributed by atoms with Crippen molar-refractivity contribution in [3.63, 3.8) is 0 Å². The van der Waals surface area contributed by atoms with Crippen molar-refractivity contribution in [2.24, 2.45) is 0 Å². The molecule has 0 saturated heterocycles. The summed E-state index contributed by atoms with van der Waals surface area (Å²) in [4.78, 5) is 22.6. The molecule has 0 aliphatic heterocycles. The van der Waals surface area contributed by atoms with E-state index in [1.54, 1.807) is 0 Å². The van der Waals surface area contributed by atoms with Crippen LogP contribution in [0.15, 0.2) is 28.7 Å². The summed E-state index contributed by atoms with van der Waals surface area (Å²) in [6, 6.07) is 7.80. The van der Waals surface area contributed by atoms with Crippen molar-refractivity contribution in [2.45, 2.75) is 44.3 Å². The van der Waals surface area contributed by atoms with Crippen molar-refractivity contribution in [3.8, 4) is 0 Å². The fourth-order valence-electron chi connectivity index (χ4n) is 2.61. The number of benzene rings is 1. The van der Waals surface area contributed by atoms with Gasteiger partial charge in [0.2, 0.25) is 6.41 Å². The van der Waals surface area contributed by atoms with Crippen LogP contribution in [0.3, 0.4) is 0 Å². The van der Waals surface area contributed by atoms with E-state index in [0.29, 0.717) is 25.9 Å². The number of ether oxygens (including phenoxy) is 2. The minimum absolute atomic E-state index is 0. The van der Waals surface area contributed by atoms with Gasteiger partial charge in [0, 0.05) is 4.47 Å². The maximum Gasteiger partial charge on any atom is 1.00 e. The molecule has 2 rings (SSSR count). The van der Waals surface area contributed by atoms with Crippen molar-refractivity contribution in [1.29, 1.82) is 0 Å². The standard InChI is InChI=1S/C16H20BrNO4.K.H/c17-14-6-4-13(5-7-14)10-22-16(8-2-1-3-9-16)15(20)21-12-18-11-19;;/h4-7,11H,1-3,8-10,12H2,(H,18,19);;/q;+1;-1. The number of carbonyl (C=O) groups excluding carboxylic acids is 2. The van der Waals surface area contributed by atoms with Gasteiger partial charge in [-0.1, -0.05) is 34.5 Å². The van der Waals surface area contributed by atoms with Gasteiger partial charge in [0.1, 0.15) is 0 Å². The van der Waals surface area contributed by atoms with E-state index in [0.717, 1.165) is 29.3 Å². The fourth-order valence-corrected chi connectivity index (χ4v) is 2.87. The van der Waals surface area contributed by atoms with E-state index in [2.05, 4.69) is 21.2 Å². The number of nitrogens with one attached hydrogen (secondary N) is 1. The molecule has 23 heavy (non-hydrogen) atoms. The number of hydrogen-bond donors (Lipinski definition) is 1. The van der Waals surface area contributed by atoms with E-state index in [4.69, 9.17) is 9.47 Å². The predicted molar refractivity (Wildman–Crippen MR) is 86.0 cm³/mol. The van der Waals surface area contributed by atoms with Gasteiger partial charge in [-0.05, 0) is 43.4 Å². The van der Waals surface area contributed by atoms with Crippen LogP contribution in [0, 0.1) is 0 Å². The number of rotatable bonds is 7. The second kappa shape index (κ2) is 11.0. The van der Waals surface area contributed by atoms with Gasteiger partial charge in [-0.2, -0.15) is 0 Å². The third-order valence-electron chi connectivity index (χ3n) is 3.83. The fraction of sp³-hybridized carbons (Fsp3) is 0.500. The summed E-state index contributed by atoms with van der Waals surface area (Å²) < 4.78 is 12.1. The summed E-state index contributed by atoms with van der Waals surface area (Å²) in [5.74, 6) is -0.390. The summed E-state index contributed by atoms with van der Waals surface area (Å²) >= 11 is 3.39. The molecule has 1 aliphatic carbocycles. The second-order valence-corrected chi connectivity index (χ2v) is 6.28. The number of halogens is 1. The van der Waals surface area contributed by atoms with Crippen LogP contribution in [0.2, 0.25) is 0 Å². The van der Waals surface area contributed by atoms with Crippen molar-refractivity contribution in [2.75, 3.05) is 6.73 Å². The van der Waals surface area contributed by atoms with Gasteiger partial charge in [0.15, 0.2) is 12.3 Å². The zero-order valence-electron chi connectivity index (χ0n) is 14.3. The Morgan fingerprint density at radius 2 is 1.91 bits per heavy atom. The minimum Gasteiger partial charge on any atom is -1.00 e. The van der Waals surface area contributed by atoms with E-state index >= 15 is 0 Å². The van der Waals surface area contributed by atoms with Crippen LogP contribution >= 0.6 is 15.9 Å². The first-order valence-corrected chi connectivity index (χ1v) is 8.18. The summed E-state index contributed by atoms with van der Waals surface area (Å²) in [6.45, 7) is 0.245. The van der Waals surface area contributed by atoms with E-state index < -0.39 is 11.6 Å². The predicted octanol–water partition coefficient (Wildman–Crippen LogP) is 0.0318. The van der Waals surface area contributed by atoms with Crippen LogP contribution in [0.1, 0.15) is 39.1 Å². The molecule has 1 N–H and O–H groups in total. The first-order valence-electron chi connectivity index (χ1n) is 7.39. The number of hydrogen-bond acceptors (Lipinski definition) is 4. The molecule has 5 nitrogen and oxygen atoms in total. The van der Waals surface area contributed by atoms with Crippen LogP contribution in [-0.2, 0) is 25.7 Å². The van der Waals surface area contributed by atoms with Gasteiger partial charge in [0.05, 0.1) is 6.61 Å². The Hall–Kier alpha value is 0.236. The molecule has 0 radical (unpaired) electrons. The number of esters is 1.